The first-order valence-corrected chi connectivity index (χ1v) is 6.68. The van der Waals surface area contributed by atoms with Crippen molar-refractivity contribution >= 4 is 11.6 Å². The second-order valence-electron chi connectivity index (χ2n) is 5.18. The maximum atomic E-state index is 13.2. The number of fused-ring (bicyclic) bond motifs is 1. The molecular formula is C16H14F2N2O. The zero-order valence-electron chi connectivity index (χ0n) is 11.2. The molecule has 2 aromatic rings. The summed E-state index contributed by atoms with van der Waals surface area (Å²) in [5, 5.41) is 2.81. The van der Waals surface area contributed by atoms with E-state index in [4.69, 9.17) is 5.73 Å². The Morgan fingerprint density at radius 1 is 1.14 bits per heavy atom. The van der Waals surface area contributed by atoms with Crippen LogP contribution in [0.2, 0.25) is 0 Å². The number of halogens is 2. The Morgan fingerprint density at radius 2 is 1.86 bits per heavy atom. The molecule has 1 aliphatic rings. The first-order valence-electron chi connectivity index (χ1n) is 6.68. The quantitative estimate of drug-likeness (QED) is 0.835. The third-order valence-corrected chi connectivity index (χ3v) is 3.67. The molecule has 0 bridgehead atoms. The first kappa shape index (κ1) is 13.5. The molecule has 0 heterocycles. The SMILES string of the molecule is Nc1ccc2c(c1)CCC2NC(=O)c1cc(F)cc(F)c1. The molecule has 3 rings (SSSR count). The fraction of sp³-hybridized carbons (Fsp3) is 0.188. The van der Waals surface area contributed by atoms with E-state index in [9.17, 15) is 13.6 Å². The van der Waals surface area contributed by atoms with Crippen LogP contribution in [0.1, 0.15) is 33.9 Å². The molecule has 1 unspecified atom stereocenters. The third kappa shape index (κ3) is 2.72. The minimum absolute atomic E-state index is 0.0172. The topological polar surface area (TPSA) is 55.1 Å². The van der Waals surface area contributed by atoms with Crippen molar-refractivity contribution in [3.63, 3.8) is 0 Å². The van der Waals surface area contributed by atoms with Gasteiger partial charge in [-0.05, 0) is 48.2 Å². The second-order valence-corrected chi connectivity index (χ2v) is 5.18. The van der Waals surface area contributed by atoms with Gasteiger partial charge in [0.15, 0.2) is 0 Å². The average Bonchev–Trinajstić information content (AvgIpc) is 2.80. The van der Waals surface area contributed by atoms with Crippen LogP contribution in [0.3, 0.4) is 0 Å². The summed E-state index contributed by atoms with van der Waals surface area (Å²) in [7, 11) is 0. The summed E-state index contributed by atoms with van der Waals surface area (Å²) in [6, 6.07) is 8.20. The van der Waals surface area contributed by atoms with Crippen molar-refractivity contribution in [1.29, 1.82) is 0 Å². The fourth-order valence-corrected chi connectivity index (χ4v) is 2.71. The highest BCUT2D eigenvalue weighted by Crippen LogP contribution is 2.32. The first-order chi connectivity index (χ1) is 10.0. The van der Waals surface area contributed by atoms with Crippen molar-refractivity contribution in [3.05, 3.63) is 64.7 Å². The van der Waals surface area contributed by atoms with Crippen LogP contribution < -0.4 is 11.1 Å². The number of benzene rings is 2. The van der Waals surface area contributed by atoms with Gasteiger partial charge in [-0.2, -0.15) is 0 Å². The Morgan fingerprint density at radius 3 is 2.57 bits per heavy atom. The molecule has 0 spiro atoms. The number of amides is 1. The van der Waals surface area contributed by atoms with Gasteiger partial charge in [0.25, 0.3) is 5.91 Å². The third-order valence-electron chi connectivity index (χ3n) is 3.67. The van der Waals surface area contributed by atoms with Crippen molar-refractivity contribution in [3.8, 4) is 0 Å². The number of nitrogens with one attached hydrogen (secondary N) is 1. The van der Waals surface area contributed by atoms with Crippen LogP contribution in [0.25, 0.3) is 0 Å². The molecule has 21 heavy (non-hydrogen) atoms. The van der Waals surface area contributed by atoms with Crippen LogP contribution >= 0.6 is 0 Å². The molecule has 1 atom stereocenters. The maximum absolute atomic E-state index is 13.2. The van der Waals surface area contributed by atoms with E-state index < -0.39 is 17.5 Å². The standard InChI is InChI=1S/C16H14F2N2O/c17-11-5-10(6-12(18)8-11)16(21)20-15-4-1-9-7-13(19)2-3-14(9)15/h2-3,5-8,15H,1,4,19H2,(H,20,21). The van der Waals surface area contributed by atoms with Crippen LogP contribution in [-0.4, -0.2) is 5.91 Å². The number of anilines is 1. The molecule has 0 aromatic heterocycles. The molecular weight excluding hydrogens is 274 g/mol. The fourth-order valence-electron chi connectivity index (χ4n) is 2.71. The molecule has 2 aromatic carbocycles. The van der Waals surface area contributed by atoms with Crippen molar-refractivity contribution in [2.75, 3.05) is 5.73 Å². The molecule has 3 nitrogen and oxygen atoms in total. The largest absolute Gasteiger partial charge is 0.399 e. The molecule has 108 valence electrons. The number of hydrogen-bond donors (Lipinski definition) is 2. The molecule has 0 saturated heterocycles. The smallest absolute Gasteiger partial charge is 0.251 e. The van der Waals surface area contributed by atoms with Gasteiger partial charge in [0.2, 0.25) is 0 Å². The minimum Gasteiger partial charge on any atom is -0.399 e. The lowest BCUT2D eigenvalue weighted by Gasteiger charge is -2.14. The Kier molecular flexibility index (Phi) is 3.33. The lowest BCUT2D eigenvalue weighted by Crippen LogP contribution is -2.27. The summed E-state index contributed by atoms with van der Waals surface area (Å²) in [5.41, 5.74) is 8.51. The van der Waals surface area contributed by atoms with Gasteiger partial charge >= 0.3 is 0 Å². The lowest BCUT2D eigenvalue weighted by molar-refractivity contribution is 0.0936. The van der Waals surface area contributed by atoms with E-state index in [0.717, 1.165) is 42.2 Å². The zero-order valence-corrected chi connectivity index (χ0v) is 11.2. The highest BCUT2D eigenvalue weighted by atomic mass is 19.1. The summed E-state index contributed by atoms with van der Waals surface area (Å²) in [6.45, 7) is 0. The van der Waals surface area contributed by atoms with Crippen LogP contribution in [-0.2, 0) is 6.42 Å². The Bertz CT molecular complexity index is 695. The predicted octanol–water partition coefficient (Wildman–Crippen LogP) is 2.96. The van der Waals surface area contributed by atoms with Gasteiger partial charge < -0.3 is 11.1 Å². The van der Waals surface area contributed by atoms with Gasteiger partial charge in [-0.15, -0.1) is 0 Å². The van der Waals surface area contributed by atoms with E-state index in [1.54, 1.807) is 6.07 Å². The lowest BCUT2D eigenvalue weighted by atomic mass is 10.1. The number of hydrogen-bond acceptors (Lipinski definition) is 2. The molecule has 0 fully saturated rings. The maximum Gasteiger partial charge on any atom is 0.251 e. The van der Waals surface area contributed by atoms with Crippen LogP contribution in [0.5, 0.6) is 0 Å². The Hall–Kier alpha value is -2.43. The van der Waals surface area contributed by atoms with Crippen LogP contribution in [0.15, 0.2) is 36.4 Å². The molecule has 5 heteroatoms. The van der Waals surface area contributed by atoms with E-state index in [1.807, 2.05) is 12.1 Å². The summed E-state index contributed by atoms with van der Waals surface area (Å²) in [6.07, 6.45) is 1.57. The van der Waals surface area contributed by atoms with Crippen molar-refractivity contribution < 1.29 is 13.6 Å². The van der Waals surface area contributed by atoms with Crippen LogP contribution in [0, 0.1) is 11.6 Å². The van der Waals surface area contributed by atoms with E-state index in [0.29, 0.717) is 5.69 Å². The normalized spacial score (nSPS) is 16.6. The monoisotopic (exact) mass is 288 g/mol. The van der Waals surface area contributed by atoms with Crippen molar-refractivity contribution in [2.24, 2.45) is 0 Å². The molecule has 0 radical (unpaired) electrons. The van der Waals surface area contributed by atoms with Crippen molar-refractivity contribution in [1.82, 2.24) is 5.32 Å². The van der Waals surface area contributed by atoms with Gasteiger partial charge in [0.1, 0.15) is 11.6 Å². The highest BCUT2D eigenvalue weighted by molar-refractivity contribution is 5.94. The molecule has 3 N–H and O–H groups in total. The van der Waals surface area contributed by atoms with Crippen molar-refractivity contribution in [2.45, 2.75) is 18.9 Å². The van der Waals surface area contributed by atoms with E-state index in [2.05, 4.69) is 5.32 Å². The number of aryl methyl sites for hydroxylation is 1. The number of nitrogens with two attached hydrogens (primary N) is 1. The van der Waals surface area contributed by atoms with Gasteiger partial charge in [0, 0.05) is 17.3 Å². The number of carbonyl (C=O) groups excluding carboxylic acids is 1. The number of rotatable bonds is 2. The molecule has 1 amide bonds. The summed E-state index contributed by atoms with van der Waals surface area (Å²) >= 11 is 0. The van der Waals surface area contributed by atoms with Gasteiger partial charge in [0.05, 0.1) is 6.04 Å². The summed E-state index contributed by atoms with van der Waals surface area (Å²) in [4.78, 5) is 12.1. The second kappa shape index (κ2) is 5.16. The zero-order chi connectivity index (χ0) is 15.0. The number of nitrogen functional groups attached to an aromatic ring is 1. The predicted molar refractivity (Wildman–Crippen MR) is 75.7 cm³/mol. The van der Waals surface area contributed by atoms with Gasteiger partial charge in [-0.25, -0.2) is 8.78 Å². The summed E-state index contributed by atoms with van der Waals surface area (Å²) in [5.74, 6) is -2.01. The summed E-state index contributed by atoms with van der Waals surface area (Å²) < 4.78 is 26.3. The minimum atomic E-state index is -0.764. The van der Waals surface area contributed by atoms with E-state index >= 15 is 0 Å². The Balaban J connectivity index is 1.81. The van der Waals surface area contributed by atoms with E-state index in [-0.39, 0.29) is 11.6 Å². The molecule has 1 aliphatic carbocycles. The average molecular weight is 288 g/mol. The van der Waals surface area contributed by atoms with E-state index in [1.165, 1.54) is 0 Å². The van der Waals surface area contributed by atoms with Crippen LogP contribution in [0.4, 0.5) is 14.5 Å². The van der Waals surface area contributed by atoms with Gasteiger partial charge in [-0.1, -0.05) is 6.07 Å². The number of carbonyl (C=O) groups is 1. The highest BCUT2D eigenvalue weighted by Gasteiger charge is 2.24. The molecule has 0 saturated carbocycles. The molecule has 0 aliphatic heterocycles. The Labute approximate surface area is 120 Å². The van der Waals surface area contributed by atoms with Gasteiger partial charge in [-0.3, -0.25) is 4.79 Å².